The monoisotopic (exact) mass is 278 g/mol. The molecule has 6 heteroatoms. The Hall–Kier alpha value is -1.92. The first kappa shape index (κ1) is 14.5. The summed E-state index contributed by atoms with van der Waals surface area (Å²) >= 11 is 0. The third kappa shape index (κ3) is 3.79. The third-order valence-electron chi connectivity index (χ3n) is 3.13. The molecule has 108 valence electrons. The number of aliphatic hydroxyl groups is 1. The zero-order valence-corrected chi connectivity index (χ0v) is 11.1. The number of morpholine rings is 1. The van der Waals surface area contributed by atoms with E-state index < -0.39 is 0 Å². The van der Waals surface area contributed by atoms with Crippen LogP contribution in [0.15, 0.2) is 30.3 Å². The number of hydrogen-bond acceptors (Lipinski definition) is 4. The number of carbonyl (C=O) groups excluding carboxylic acids is 2. The van der Waals surface area contributed by atoms with Crippen molar-refractivity contribution < 1.29 is 19.4 Å². The predicted molar refractivity (Wildman–Crippen MR) is 72.2 cm³/mol. The van der Waals surface area contributed by atoms with Gasteiger partial charge in [0.2, 0.25) is 5.91 Å². The van der Waals surface area contributed by atoms with Crippen molar-refractivity contribution in [2.24, 2.45) is 0 Å². The van der Waals surface area contributed by atoms with E-state index in [1.54, 1.807) is 29.2 Å². The molecule has 1 heterocycles. The number of rotatable bonds is 4. The molecule has 20 heavy (non-hydrogen) atoms. The molecule has 2 rings (SSSR count). The van der Waals surface area contributed by atoms with Gasteiger partial charge < -0.3 is 20.1 Å². The number of amides is 2. The largest absolute Gasteiger partial charge is 0.394 e. The third-order valence-corrected chi connectivity index (χ3v) is 3.13. The van der Waals surface area contributed by atoms with E-state index in [4.69, 9.17) is 9.84 Å². The summed E-state index contributed by atoms with van der Waals surface area (Å²) in [6.45, 7) is 1.09. The molecule has 0 spiro atoms. The quantitative estimate of drug-likeness (QED) is 0.788. The van der Waals surface area contributed by atoms with E-state index in [-0.39, 0.29) is 31.1 Å². The first-order valence-corrected chi connectivity index (χ1v) is 6.54. The molecule has 1 aliphatic rings. The molecule has 1 aromatic rings. The summed E-state index contributed by atoms with van der Waals surface area (Å²) < 4.78 is 5.27. The lowest BCUT2D eigenvalue weighted by molar-refractivity contribution is -0.139. The Balaban J connectivity index is 1.81. The van der Waals surface area contributed by atoms with Crippen molar-refractivity contribution in [3.8, 4) is 0 Å². The van der Waals surface area contributed by atoms with Gasteiger partial charge in [0.1, 0.15) is 0 Å². The molecule has 1 unspecified atom stereocenters. The van der Waals surface area contributed by atoms with Gasteiger partial charge in [0.15, 0.2) is 0 Å². The average Bonchev–Trinajstić information content (AvgIpc) is 2.53. The molecule has 6 nitrogen and oxygen atoms in total. The second-order valence-corrected chi connectivity index (χ2v) is 4.56. The van der Waals surface area contributed by atoms with E-state index in [9.17, 15) is 9.59 Å². The molecular formula is C14H18N2O4. The van der Waals surface area contributed by atoms with Crippen LogP contribution in [0.5, 0.6) is 0 Å². The van der Waals surface area contributed by atoms with E-state index >= 15 is 0 Å². The molecule has 1 aromatic carbocycles. The van der Waals surface area contributed by atoms with Gasteiger partial charge in [0, 0.05) is 18.7 Å². The van der Waals surface area contributed by atoms with Gasteiger partial charge in [0.05, 0.1) is 25.9 Å². The second kappa shape index (κ2) is 7.02. The van der Waals surface area contributed by atoms with E-state index in [2.05, 4.69) is 5.32 Å². The number of nitrogens with zero attached hydrogens (tertiary/aromatic N) is 1. The maximum absolute atomic E-state index is 12.0. The minimum absolute atomic E-state index is 0.0497. The fraction of sp³-hybridized carbons (Fsp3) is 0.429. The molecule has 1 atom stereocenters. The van der Waals surface area contributed by atoms with Crippen LogP contribution in [0.1, 0.15) is 10.4 Å². The van der Waals surface area contributed by atoms with Crippen molar-refractivity contribution in [2.45, 2.75) is 6.10 Å². The second-order valence-electron chi connectivity index (χ2n) is 4.56. The predicted octanol–water partition coefficient (Wildman–Crippen LogP) is -0.364. The first-order chi connectivity index (χ1) is 9.70. The van der Waals surface area contributed by atoms with Crippen LogP contribution in [0.25, 0.3) is 0 Å². The van der Waals surface area contributed by atoms with Crippen molar-refractivity contribution in [1.82, 2.24) is 10.2 Å². The number of carbonyl (C=O) groups is 2. The zero-order chi connectivity index (χ0) is 14.4. The Labute approximate surface area is 117 Å². The Kier molecular flexibility index (Phi) is 5.09. The maximum Gasteiger partial charge on any atom is 0.251 e. The van der Waals surface area contributed by atoms with Crippen LogP contribution in [0, 0.1) is 0 Å². The summed E-state index contributed by atoms with van der Waals surface area (Å²) in [7, 11) is 0. The van der Waals surface area contributed by atoms with Crippen molar-refractivity contribution >= 4 is 11.8 Å². The van der Waals surface area contributed by atoms with Crippen molar-refractivity contribution in [3.63, 3.8) is 0 Å². The lowest BCUT2D eigenvalue weighted by atomic mass is 10.2. The summed E-state index contributed by atoms with van der Waals surface area (Å²) in [5.74, 6) is -0.443. The Morgan fingerprint density at radius 1 is 1.35 bits per heavy atom. The van der Waals surface area contributed by atoms with E-state index in [0.29, 0.717) is 25.3 Å². The molecule has 2 N–H and O–H groups in total. The molecule has 1 fully saturated rings. The fourth-order valence-electron chi connectivity index (χ4n) is 2.02. The van der Waals surface area contributed by atoms with Crippen LogP contribution >= 0.6 is 0 Å². The summed E-state index contributed by atoms with van der Waals surface area (Å²) in [6, 6.07) is 8.74. The van der Waals surface area contributed by atoms with Gasteiger partial charge in [-0.15, -0.1) is 0 Å². The molecule has 1 aliphatic heterocycles. The lowest BCUT2D eigenvalue weighted by Gasteiger charge is -2.32. The minimum atomic E-state index is -0.336. The number of nitrogens with one attached hydrogen (secondary N) is 1. The highest BCUT2D eigenvalue weighted by molar-refractivity contribution is 5.96. The van der Waals surface area contributed by atoms with Gasteiger partial charge >= 0.3 is 0 Å². The van der Waals surface area contributed by atoms with E-state index in [1.165, 1.54) is 0 Å². The van der Waals surface area contributed by atoms with Crippen LogP contribution in [-0.2, 0) is 9.53 Å². The highest BCUT2D eigenvalue weighted by atomic mass is 16.5. The number of hydrogen-bond donors (Lipinski definition) is 2. The smallest absolute Gasteiger partial charge is 0.251 e. The molecule has 0 saturated carbocycles. The van der Waals surface area contributed by atoms with Crippen molar-refractivity contribution in [3.05, 3.63) is 35.9 Å². The first-order valence-electron chi connectivity index (χ1n) is 6.54. The summed E-state index contributed by atoms with van der Waals surface area (Å²) in [6.07, 6.45) is -0.336. The minimum Gasteiger partial charge on any atom is -0.394 e. The van der Waals surface area contributed by atoms with Gasteiger partial charge in [0.25, 0.3) is 5.91 Å². The molecule has 0 aromatic heterocycles. The van der Waals surface area contributed by atoms with Crippen molar-refractivity contribution in [1.29, 1.82) is 0 Å². The van der Waals surface area contributed by atoms with E-state index in [1.807, 2.05) is 6.07 Å². The van der Waals surface area contributed by atoms with E-state index in [0.717, 1.165) is 0 Å². The Bertz CT molecular complexity index is 464. The Morgan fingerprint density at radius 3 is 2.80 bits per heavy atom. The van der Waals surface area contributed by atoms with Gasteiger partial charge in [-0.3, -0.25) is 9.59 Å². The molecule has 0 aliphatic carbocycles. The summed E-state index contributed by atoms with van der Waals surface area (Å²) in [5, 5.41) is 11.6. The van der Waals surface area contributed by atoms with Gasteiger partial charge in [-0.05, 0) is 12.1 Å². The Morgan fingerprint density at radius 2 is 2.10 bits per heavy atom. The highest BCUT2D eigenvalue weighted by Gasteiger charge is 2.23. The average molecular weight is 278 g/mol. The summed E-state index contributed by atoms with van der Waals surface area (Å²) in [4.78, 5) is 25.4. The number of aliphatic hydroxyl groups excluding tert-OH is 1. The molecule has 2 amide bonds. The molecular weight excluding hydrogens is 260 g/mol. The molecule has 1 saturated heterocycles. The molecule has 0 radical (unpaired) electrons. The van der Waals surface area contributed by atoms with Crippen LogP contribution in [0.2, 0.25) is 0 Å². The van der Waals surface area contributed by atoms with Gasteiger partial charge in [-0.2, -0.15) is 0 Å². The standard InChI is InChI=1S/C14H18N2O4/c17-10-12-9-16(6-7-20-12)13(18)8-15-14(19)11-4-2-1-3-5-11/h1-5,12,17H,6-10H2,(H,15,19). The summed E-state index contributed by atoms with van der Waals surface area (Å²) in [5.41, 5.74) is 0.524. The normalized spacial score (nSPS) is 18.6. The fourth-order valence-corrected chi connectivity index (χ4v) is 2.02. The highest BCUT2D eigenvalue weighted by Crippen LogP contribution is 2.04. The van der Waals surface area contributed by atoms with Crippen LogP contribution in [0.3, 0.4) is 0 Å². The topological polar surface area (TPSA) is 78.9 Å². The van der Waals surface area contributed by atoms with Crippen LogP contribution in [-0.4, -0.2) is 60.8 Å². The zero-order valence-electron chi connectivity index (χ0n) is 11.1. The van der Waals surface area contributed by atoms with Crippen LogP contribution in [0.4, 0.5) is 0 Å². The maximum atomic E-state index is 12.0. The van der Waals surface area contributed by atoms with Gasteiger partial charge in [-0.25, -0.2) is 0 Å². The number of ether oxygens (including phenoxy) is 1. The van der Waals surface area contributed by atoms with Crippen molar-refractivity contribution in [2.75, 3.05) is 32.8 Å². The lowest BCUT2D eigenvalue weighted by Crippen LogP contribution is -2.49. The van der Waals surface area contributed by atoms with Gasteiger partial charge in [-0.1, -0.05) is 18.2 Å². The number of benzene rings is 1. The SMILES string of the molecule is O=C(NCC(=O)N1CCOC(CO)C1)c1ccccc1. The van der Waals surface area contributed by atoms with Crippen LogP contribution < -0.4 is 5.32 Å². The molecule has 0 bridgehead atoms.